The van der Waals surface area contributed by atoms with Gasteiger partial charge >= 0.3 is 6.03 Å². The standard InChI is InChI=1S/C19H24N2O2/c1-14-7-5-6-8-17(14)21-18(22)20-13-19(2,3)15-9-11-16(23-4)12-10-15/h5-12H,13H2,1-4H3,(H2,20,21,22). The fraction of sp³-hybridized carbons (Fsp3) is 0.316. The average molecular weight is 312 g/mol. The van der Waals surface area contributed by atoms with Crippen molar-refractivity contribution in [2.45, 2.75) is 26.2 Å². The van der Waals surface area contributed by atoms with Gasteiger partial charge in [0.1, 0.15) is 5.75 Å². The molecule has 0 aliphatic heterocycles. The van der Waals surface area contributed by atoms with Gasteiger partial charge in [0, 0.05) is 17.6 Å². The molecule has 0 fully saturated rings. The van der Waals surface area contributed by atoms with Gasteiger partial charge in [-0.2, -0.15) is 0 Å². The summed E-state index contributed by atoms with van der Waals surface area (Å²) in [6.45, 7) is 6.71. The van der Waals surface area contributed by atoms with Crippen molar-refractivity contribution in [2.24, 2.45) is 0 Å². The van der Waals surface area contributed by atoms with Gasteiger partial charge in [0.15, 0.2) is 0 Å². The van der Waals surface area contributed by atoms with Crippen LogP contribution in [0.5, 0.6) is 5.75 Å². The summed E-state index contributed by atoms with van der Waals surface area (Å²) in [4.78, 5) is 12.1. The van der Waals surface area contributed by atoms with E-state index in [0.29, 0.717) is 6.54 Å². The van der Waals surface area contributed by atoms with Crippen molar-refractivity contribution in [2.75, 3.05) is 19.0 Å². The number of carbonyl (C=O) groups is 1. The number of aryl methyl sites for hydroxylation is 1. The van der Waals surface area contributed by atoms with Gasteiger partial charge in [-0.05, 0) is 36.2 Å². The van der Waals surface area contributed by atoms with Crippen LogP contribution in [0.4, 0.5) is 10.5 Å². The summed E-state index contributed by atoms with van der Waals surface area (Å²) < 4.78 is 5.18. The Morgan fingerprint density at radius 2 is 1.74 bits per heavy atom. The Morgan fingerprint density at radius 3 is 2.35 bits per heavy atom. The zero-order chi connectivity index (χ0) is 16.9. The molecule has 0 aromatic heterocycles. The van der Waals surface area contributed by atoms with Gasteiger partial charge in [-0.1, -0.05) is 44.2 Å². The van der Waals surface area contributed by atoms with Gasteiger partial charge in [0.2, 0.25) is 0 Å². The van der Waals surface area contributed by atoms with E-state index in [2.05, 4.69) is 24.5 Å². The molecule has 0 spiro atoms. The number of amides is 2. The molecule has 0 saturated carbocycles. The highest BCUT2D eigenvalue weighted by molar-refractivity contribution is 5.90. The molecule has 0 saturated heterocycles. The van der Waals surface area contributed by atoms with E-state index in [1.54, 1.807) is 7.11 Å². The quantitative estimate of drug-likeness (QED) is 0.873. The summed E-state index contributed by atoms with van der Waals surface area (Å²) in [6, 6.07) is 15.4. The van der Waals surface area contributed by atoms with Gasteiger partial charge < -0.3 is 15.4 Å². The summed E-state index contributed by atoms with van der Waals surface area (Å²) >= 11 is 0. The molecule has 0 bridgehead atoms. The highest BCUT2D eigenvalue weighted by atomic mass is 16.5. The number of urea groups is 1. The van der Waals surface area contributed by atoms with Crippen LogP contribution in [0, 0.1) is 6.92 Å². The highest BCUT2D eigenvalue weighted by Gasteiger charge is 2.21. The number of carbonyl (C=O) groups excluding carboxylic acids is 1. The zero-order valence-electron chi connectivity index (χ0n) is 14.1. The zero-order valence-corrected chi connectivity index (χ0v) is 14.1. The number of rotatable bonds is 5. The number of para-hydroxylation sites is 1. The third-order valence-electron chi connectivity index (χ3n) is 3.96. The Morgan fingerprint density at radius 1 is 1.09 bits per heavy atom. The molecule has 2 aromatic carbocycles. The molecule has 0 radical (unpaired) electrons. The van der Waals surface area contributed by atoms with Crippen LogP contribution in [0.1, 0.15) is 25.0 Å². The first-order valence-electron chi connectivity index (χ1n) is 7.67. The van der Waals surface area contributed by atoms with Crippen LogP contribution in [0.25, 0.3) is 0 Å². The lowest BCUT2D eigenvalue weighted by atomic mass is 9.84. The number of methoxy groups -OCH3 is 1. The number of anilines is 1. The van der Waals surface area contributed by atoms with Crippen molar-refractivity contribution >= 4 is 11.7 Å². The van der Waals surface area contributed by atoms with Crippen molar-refractivity contribution in [3.05, 3.63) is 59.7 Å². The minimum atomic E-state index is -0.194. The smallest absolute Gasteiger partial charge is 0.319 e. The minimum Gasteiger partial charge on any atom is -0.497 e. The molecule has 0 aliphatic carbocycles. The fourth-order valence-electron chi connectivity index (χ4n) is 2.33. The summed E-state index contributed by atoms with van der Waals surface area (Å²) in [5.41, 5.74) is 2.84. The largest absolute Gasteiger partial charge is 0.497 e. The molecular weight excluding hydrogens is 288 g/mol. The number of nitrogens with one attached hydrogen (secondary N) is 2. The van der Waals surface area contributed by atoms with Gasteiger partial charge in [0.25, 0.3) is 0 Å². The molecule has 0 atom stereocenters. The van der Waals surface area contributed by atoms with E-state index >= 15 is 0 Å². The van der Waals surface area contributed by atoms with E-state index in [1.165, 1.54) is 0 Å². The van der Waals surface area contributed by atoms with Crippen molar-refractivity contribution in [1.29, 1.82) is 0 Å². The minimum absolute atomic E-state index is 0.171. The number of hydrogen-bond donors (Lipinski definition) is 2. The maximum absolute atomic E-state index is 12.1. The molecule has 0 aliphatic rings. The first-order chi connectivity index (χ1) is 10.9. The lowest BCUT2D eigenvalue weighted by molar-refractivity contribution is 0.249. The maximum Gasteiger partial charge on any atom is 0.319 e. The van der Waals surface area contributed by atoms with Gasteiger partial charge in [-0.25, -0.2) is 4.79 Å². The third kappa shape index (κ3) is 4.49. The predicted molar refractivity (Wildman–Crippen MR) is 94.2 cm³/mol. The predicted octanol–water partition coefficient (Wildman–Crippen LogP) is 4.10. The first-order valence-corrected chi connectivity index (χ1v) is 7.67. The molecule has 2 amide bonds. The second-order valence-corrected chi connectivity index (χ2v) is 6.23. The van der Waals surface area contributed by atoms with E-state index < -0.39 is 0 Å². The molecule has 0 unspecified atom stereocenters. The maximum atomic E-state index is 12.1. The lowest BCUT2D eigenvalue weighted by Gasteiger charge is -2.26. The van der Waals surface area contributed by atoms with Crippen LogP contribution >= 0.6 is 0 Å². The summed E-state index contributed by atoms with van der Waals surface area (Å²) in [7, 11) is 1.65. The SMILES string of the molecule is COc1ccc(C(C)(C)CNC(=O)Nc2ccccc2C)cc1. The topological polar surface area (TPSA) is 50.4 Å². The van der Waals surface area contributed by atoms with Crippen LogP contribution in [-0.4, -0.2) is 19.7 Å². The molecular formula is C19H24N2O2. The van der Waals surface area contributed by atoms with E-state index in [9.17, 15) is 4.79 Å². The fourth-order valence-corrected chi connectivity index (χ4v) is 2.33. The Bertz CT molecular complexity index is 663. The molecule has 23 heavy (non-hydrogen) atoms. The van der Waals surface area contributed by atoms with Crippen LogP contribution in [0.3, 0.4) is 0 Å². The van der Waals surface area contributed by atoms with Crippen molar-refractivity contribution in [1.82, 2.24) is 5.32 Å². The molecule has 4 heteroatoms. The molecule has 4 nitrogen and oxygen atoms in total. The van der Waals surface area contributed by atoms with Crippen LogP contribution in [0.15, 0.2) is 48.5 Å². The Balaban J connectivity index is 1.95. The second-order valence-electron chi connectivity index (χ2n) is 6.23. The molecule has 0 heterocycles. The summed E-state index contributed by atoms with van der Waals surface area (Å²) in [6.07, 6.45) is 0. The normalized spacial score (nSPS) is 11.0. The first kappa shape index (κ1) is 16.9. The Labute approximate surface area is 137 Å². The summed E-state index contributed by atoms with van der Waals surface area (Å²) in [5.74, 6) is 0.829. The number of hydrogen-bond acceptors (Lipinski definition) is 2. The van der Waals surface area contributed by atoms with Crippen molar-refractivity contribution in [3.8, 4) is 5.75 Å². The molecule has 122 valence electrons. The summed E-state index contributed by atoms with van der Waals surface area (Å²) in [5, 5.41) is 5.83. The van der Waals surface area contributed by atoms with Crippen LogP contribution in [0.2, 0.25) is 0 Å². The lowest BCUT2D eigenvalue weighted by Crippen LogP contribution is -2.39. The van der Waals surface area contributed by atoms with E-state index in [0.717, 1.165) is 22.6 Å². The van der Waals surface area contributed by atoms with Gasteiger partial charge in [-0.15, -0.1) is 0 Å². The third-order valence-corrected chi connectivity index (χ3v) is 3.96. The van der Waals surface area contributed by atoms with E-state index in [1.807, 2.05) is 55.5 Å². The van der Waals surface area contributed by atoms with Gasteiger partial charge in [0.05, 0.1) is 7.11 Å². The van der Waals surface area contributed by atoms with Gasteiger partial charge in [-0.3, -0.25) is 0 Å². The highest BCUT2D eigenvalue weighted by Crippen LogP contribution is 2.24. The van der Waals surface area contributed by atoms with Crippen molar-refractivity contribution in [3.63, 3.8) is 0 Å². The average Bonchev–Trinajstić information content (AvgIpc) is 2.55. The second kappa shape index (κ2) is 7.18. The van der Waals surface area contributed by atoms with E-state index in [-0.39, 0.29) is 11.4 Å². The Hall–Kier alpha value is -2.49. The molecule has 2 aromatic rings. The van der Waals surface area contributed by atoms with E-state index in [4.69, 9.17) is 4.74 Å². The molecule has 2 N–H and O–H groups in total. The monoisotopic (exact) mass is 312 g/mol. The Kier molecular flexibility index (Phi) is 5.27. The number of benzene rings is 2. The number of ether oxygens (including phenoxy) is 1. The molecule has 2 rings (SSSR count). The van der Waals surface area contributed by atoms with Crippen molar-refractivity contribution < 1.29 is 9.53 Å². The van der Waals surface area contributed by atoms with Crippen LogP contribution < -0.4 is 15.4 Å². The van der Waals surface area contributed by atoms with Crippen LogP contribution in [-0.2, 0) is 5.41 Å².